The fourth-order valence-corrected chi connectivity index (χ4v) is 1.50. The molecule has 0 aliphatic rings. The van der Waals surface area contributed by atoms with Gasteiger partial charge in [0.2, 0.25) is 0 Å². The maximum Gasteiger partial charge on any atom is 0.323 e. The first kappa shape index (κ1) is 14.0. The topological polar surface area (TPSA) is 107 Å². The van der Waals surface area contributed by atoms with Gasteiger partial charge in [-0.25, -0.2) is 0 Å². The van der Waals surface area contributed by atoms with Gasteiger partial charge in [0.25, 0.3) is 5.69 Å². The molecule has 0 saturated carbocycles. The first-order valence-corrected chi connectivity index (χ1v) is 5.08. The smallest absolute Gasteiger partial charge is 0.323 e. The molecule has 0 atom stereocenters. The van der Waals surface area contributed by atoms with E-state index in [4.69, 9.17) is 16.8 Å². The van der Waals surface area contributed by atoms with Crippen LogP contribution in [-0.2, 0) is 4.79 Å². The molecule has 0 heterocycles. The zero-order chi connectivity index (χ0) is 14.4. The van der Waals surface area contributed by atoms with E-state index in [9.17, 15) is 14.9 Å². The number of nitro benzene ring substituents is 1. The summed E-state index contributed by atoms with van der Waals surface area (Å²) >= 11 is 0. The Labute approximate surface area is 108 Å². The monoisotopic (exact) mass is 259 g/mol. The van der Waals surface area contributed by atoms with Crippen LogP contribution in [0.15, 0.2) is 18.2 Å². The second kappa shape index (κ2) is 6.03. The number of nitriles is 1. The fourth-order valence-electron chi connectivity index (χ4n) is 1.50. The Morgan fingerprint density at radius 3 is 2.74 bits per heavy atom. The van der Waals surface area contributed by atoms with E-state index in [-0.39, 0.29) is 23.5 Å². The highest BCUT2D eigenvalue weighted by atomic mass is 16.6. The number of carbonyl (C=O) groups is 1. The van der Waals surface area contributed by atoms with E-state index in [1.165, 1.54) is 17.0 Å². The first-order chi connectivity index (χ1) is 8.99. The highest BCUT2D eigenvalue weighted by Crippen LogP contribution is 2.24. The van der Waals surface area contributed by atoms with Gasteiger partial charge in [-0.05, 0) is 6.07 Å². The second-order valence-electron chi connectivity index (χ2n) is 3.52. The van der Waals surface area contributed by atoms with Crippen LogP contribution >= 0.6 is 0 Å². The van der Waals surface area contributed by atoms with Crippen LogP contribution in [0.4, 0.5) is 11.4 Å². The summed E-state index contributed by atoms with van der Waals surface area (Å²) in [5, 5.41) is 28.4. The summed E-state index contributed by atoms with van der Waals surface area (Å²) in [5.74, 6) is 1.17. The van der Waals surface area contributed by atoms with Crippen LogP contribution in [0.2, 0.25) is 0 Å². The fraction of sp³-hybridized carbons (Fsp3) is 0.167. The Morgan fingerprint density at radius 2 is 2.26 bits per heavy atom. The minimum absolute atomic E-state index is 0.00528. The maximum absolute atomic E-state index is 10.7. The van der Waals surface area contributed by atoms with Crippen LogP contribution in [0.1, 0.15) is 5.56 Å². The third-order valence-electron chi connectivity index (χ3n) is 2.26. The highest BCUT2D eigenvalue weighted by Gasteiger charge is 2.17. The number of carboxylic acids is 1. The van der Waals surface area contributed by atoms with Gasteiger partial charge in [-0.15, -0.1) is 6.42 Å². The van der Waals surface area contributed by atoms with Gasteiger partial charge in [0.05, 0.1) is 22.7 Å². The number of terminal acetylenes is 1. The molecule has 1 aromatic carbocycles. The van der Waals surface area contributed by atoms with E-state index < -0.39 is 17.4 Å². The molecule has 0 aliphatic carbocycles. The highest BCUT2D eigenvalue weighted by molar-refractivity contribution is 5.76. The lowest BCUT2D eigenvalue weighted by atomic mass is 10.1. The van der Waals surface area contributed by atoms with E-state index in [0.29, 0.717) is 0 Å². The lowest BCUT2D eigenvalue weighted by Crippen LogP contribution is -2.30. The van der Waals surface area contributed by atoms with Crippen LogP contribution in [0.25, 0.3) is 0 Å². The van der Waals surface area contributed by atoms with Crippen LogP contribution in [-0.4, -0.2) is 29.1 Å². The Hall–Kier alpha value is -3.06. The second-order valence-corrected chi connectivity index (χ2v) is 3.52. The number of nitro groups is 1. The van der Waals surface area contributed by atoms with E-state index >= 15 is 0 Å². The molecule has 96 valence electrons. The molecule has 7 nitrogen and oxygen atoms in total. The van der Waals surface area contributed by atoms with Gasteiger partial charge in [-0.3, -0.25) is 14.9 Å². The molecule has 0 amide bonds. The molecule has 19 heavy (non-hydrogen) atoms. The molecular weight excluding hydrogens is 250 g/mol. The summed E-state index contributed by atoms with van der Waals surface area (Å²) < 4.78 is 0. The molecule has 1 aromatic rings. The first-order valence-electron chi connectivity index (χ1n) is 5.08. The molecule has 1 N–H and O–H groups in total. The molecule has 0 aromatic heterocycles. The molecule has 0 bridgehead atoms. The average molecular weight is 259 g/mol. The van der Waals surface area contributed by atoms with Gasteiger partial charge in [0.1, 0.15) is 12.6 Å². The van der Waals surface area contributed by atoms with Crippen LogP contribution in [0.5, 0.6) is 0 Å². The zero-order valence-corrected chi connectivity index (χ0v) is 9.74. The summed E-state index contributed by atoms with van der Waals surface area (Å²) in [7, 11) is 0. The largest absolute Gasteiger partial charge is 0.480 e. The third-order valence-corrected chi connectivity index (χ3v) is 2.26. The Bertz CT molecular complexity index is 598. The summed E-state index contributed by atoms with van der Waals surface area (Å²) in [6.07, 6.45) is 5.14. The molecule has 1 rings (SSSR count). The standard InChI is InChI=1S/C12H9N3O4/c1-2-5-14(8-12(16)17)11-4-3-10(15(18)19)6-9(11)7-13/h1,3-4,6H,5,8H2,(H,16,17). The van der Waals surface area contributed by atoms with Gasteiger partial charge in [-0.2, -0.15) is 5.26 Å². The van der Waals surface area contributed by atoms with E-state index in [1.807, 2.05) is 0 Å². The van der Waals surface area contributed by atoms with Gasteiger partial charge in [0.15, 0.2) is 0 Å². The molecular formula is C12H9N3O4. The number of carboxylic acid groups (broad SMARTS) is 1. The summed E-state index contributed by atoms with van der Waals surface area (Å²) in [6.45, 7) is -0.407. The van der Waals surface area contributed by atoms with Crippen LogP contribution in [0.3, 0.4) is 0 Å². The number of nitrogens with zero attached hydrogens (tertiary/aromatic N) is 3. The molecule has 0 fully saturated rings. The maximum atomic E-state index is 10.7. The van der Waals surface area contributed by atoms with Crippen molar-refractivity contribution in [1.82, 2.24) is 0 Å². The van der Waals surface area contributed by atoms with Crippen molar-refractivity contribution in [3.05, 3.63) is 33.9 Å². The molecule has 0 aliphatic heterocycles. The molecule has 0 spiro atoms. The Balaban J connectivity index is 3.24. The molecule has 0 radical (unpaired) electrons. The quantitative estimate of drug-likeness (QED) is 0.480. The Kier molecular flexibility index (Phi) is 4.44. The number of rotatable bonds is 5. The number of anilines is 1. The van der Waals surface area contributed by atoms with Crippen LogP contribution in [0, 0.1) is 33.8 Å². The van der Waals surface area contributed by atoms with Crippen molar-refractivity contribution in [1.29, 1.82) is 5.26 Å². The van der Waals surface area contributed by atoms with Gasteiger partial charge < -0.3 is 10.0 Å². The van der Waals surface area contributed by atoms with E-state index in [1.54, 1.807) is 6.07 Å². The van der Waals surface area contributed by atoms with Gasteiger partial charge >= 0.3 is 5.97 Å². The summed E-state index contributed by atoms with van der Waals surface area (Å²) in [6, 6.07) is 5.39. The number of benzene rings is 1. The lowest BCUT2D eigenvalue weighted by molar-refractivity contribution is -0.384. The predicted molar refractivity (Wildman–Crippen MR) is 66.5 cm³/mol. The third kappa shape index (κ3) is 3.45. The molecule has 0 unspecified atom stereocenters. The van der Waals surface area contributed by atoms with Crippen molar-refractivity contribution >= 4 is 17.3 Å². The number of non-ortho nitro benzene ring substituents is 1. The van der Waals surface area contributed by atoms with Crippen LogP contribution < -0.4 is 4.90 Å². The van der Waals surface area contributed by atoms with Crippen molar-refractivity contribution in [2.75, 3.05) is 18.0 Å². The van der Waals surface area contributed by atoms with Gasteiger partial charge in [0, 0.05) is 12.1 Å². The zero-order valence-electron chi connectivity index (χ0n) is 9.74. The minimum Gasteiger partial charge on any atom is -0.480 e. The predicted octanol–water partition coefficient (Wildman–Crippen LogP) is 0.991. The SMILES string of the molecule is C#CCN(CC(=O)O)c1ccc([N+](=O)[O-])cc1C#N. The lowest BCUT2D eigenvalue weighted by Gasteiger charge is -2.20. The molecule has 7 heteroatoms. The Morgan fingerprint density at radius 1 is 1.58 bits per heavy atom. The van der Waals surface area contributed by atoms with Crippen molar-refractivity contribution in [3.63, 3.8) is 0 Å². The number of hydrogen-bond donors (Lipinski definition) is 1. The minimum atomic E-state index is -1.11. The van der Waals surface area contributed by atoms with Crippen molar-refractivity contribution in [2.45, 2.75) is 0 Å². The van der Waals surface area contributed by atoms with Crippen molar-refractivity contribution < 1.29 is 14.8 Å². The normalized spacial score (nSPS) is 9.16. The van der Waals surface area contributed by atoms with E-state index in [2.05, 4.69) is 5.92 Å². The number of hydrogen-bond acceptors (Lipinski definition) is 5. The van der Waals surface area contributed by atoms with Gasteiger partial charge in [-0.1, -0.05) is 5.92 Å². The van der Waals surface area contributed by atoms with Crippen molar-refractivity contribution in [2.24, 2.45) is 0 Å². The molecule has 0 saturated heterocycles. The average Bonchev–Trinajstić information content (AvgIpc) is 2.36. The van der Waals surface area contributed by atoms with E-state index in [0.717, 1.165) is 6.07 Å². The summed E-state index contributed by atoms with van der Waals surface area (Å²) in [4.78, 5) is 22.0. The summed E-state index contributed by atoms with van der Waals surface area (Å²) in [5.41, 5.74) is 0.0235. The number of aliphatic carboxylic acids is 1. The van der Waals surface area contributed by atoms with Crippen molar-refractivity contribution in [3.8, 4) is 18.4 Å².